The number of guanidine groups is 1. The standard InChI is InChI=1S/C59H87N15O15/c1-9-17-40(54(85)73-48(31(3)4)57(88)66-33(6)50(81)64-29-45(76)69-41(22-16-25-62-59(60)61)52(83)65-30-47(79)80)70-55(86)44(27-37-28-63-39-21-15-14-20-38(37)39)71-51(82)34(7)67-58(89)49(32(5)10-2)74-56(87)43(26-36-18-12-11-13-19-36)72-53(84)42(68-35(8)75)23-24-46(77)78/h11-15,18-21,28,31-34,40-44,48-49,63H,9-10,16-17,22-27,29-30H2,1-8H3,(H,64,81)(H,65,83)(H,66,88)(H,67,89)(H,68,75)(H,69,76)(H,70,86)(H,71,82)(H,72,84)(H,73,85)(H,74,87)(H,77,78)(H,79,80)(H4,60,61,62)/t32-,33?,34-,40-,41-,42-,43-,44?,48?,49-/m0/s1. The van der Waals surface area contributed by atoms with Crippen molar-refractivity contribution in [3.05, 3.63) is 71.9 Å². The number of carbonyl (C=O) groups excluding carboxylic acids is 11. The molecule has 3 aromatic rings. The molecule has 0 aliphatic rings. The first-order valence-electron chi connectivity index (χ1n) is 29.4. The quantitative estimate of drug-likeness (QED) is 0.0169. The van der Waals surface area contributed by atoms with Crippen LogP contribution in [0.25, 0.3) is 10.9 Å². The van der Waals surface area contributed by atoms with Crippen molar-refractivity contribution >= 4 is 93.8 Å². The lowest BCUT2D eigenvalue weighted by Gasteiger charge is -2.29. The van der Waals surface area contributed by atoms with E-state index in [0.717, 1.165) is 17.8 Å². The number of hydrogen-bond donors (Lipinski definition) is 16. The third-order valence-electron chi connectivity index (χ3n) is 14.2. The Balaban J connectivity index is 1.80. The highest BCUT2D eigenvalue weighted by atomic mass is 16.4. The minimum Gasteiger partial charge on any atom is -0.481 e. The number of para-hydroxylation sites is 1. The fourth-order valence-electron chi connectivity index (χ4n) is 9.08. The highest BCUT2D eigenvalue weighted by Crippen LogP contribution is 2.20. The first-order chi connectivity index (χ1) is 42.0. The monoisotopic (exact) mass is 1250 g/mol. The van der Waals surface area contributed by atoms with E-state index in [2.05, 4.69) is 68.5 Å². The molecule has 0 fully saturated rings. The summed E-state index contributed by atoms with van der Waals surface area (Å²) in [7, 11) is 0. The number of carboxylic acid groups (broad SMARTS) is 2. The number of rotatable bonds is 38. The molecule has 0 spiro atoms. The van der Waals surface area contributed by atoms with Crippen molar-refractivity contribution in [3.63, 3.8) is 0 Å². The van der Waals surface area contributed by atoms with Gasteiger partial charge >= 0.3 is 11.9 Å². The number of amides is 11. The maximum absolute atomic E-state index is 14.5. The van der Waals surface area contributed by atoms with E-state index < -0.39 is 163 Å². The summed E-state index contributed by atoms with van der Waals surface area (Å²) in [5, 5.41) is 47.0. The normalized spacial score (nSPS) is 14.3. The molecule has 488 valence electrons. The summed E-state index contributed by atoms with van der Waals surface area (Å²) < 4.78 is 0. The zero-order valence-electron chi connectivity index (χ0n) is 51.4. The number of aromatic nitrogens is 1. The van der Waals surface area contributed by atoms with Gasteiger partial charge < -0.3 is 85.1 Å². The van der Waals surface area contributed by atoms with Crippen molar-refractivity contribution in [2.24, 2.45) is 28.3 Å². The summed E-state index contributed by atoms with van der Waals surface area (Å²) in [5.74, 6) is -12.6. The van der Waals surface area contributed by atoms with Crippen LogP contribution in [0.5, 0.6) is 0 Å². The molecule has 18 N–H and O–H groups in total. The number of carboxylic acids is 2. The maximum atomic E-state index is 14.5. The summed E-state index contributed by atoms with van der Waals surface area (Å²) in [6, 6.07) is 4.07. The fraction of sp³-hybridized carbons (Fsp3) is 0.525. The minimum absolute atomic E-state index is 0.00518. The van der Waals surface area contributed by atoms with Crippen LogP contribution in [0.1, 0.15) is 111 Å². The van der Waals surface area contributed by atoms with E-state index in [1.54, 1.807) is 89.3 Å². The van der Waals surface area contributed by atoms with Crippen molar-refractivity contribution < 1.29 is 72.5 Å². The Morgan fingerprint density at radius 2 is 1.06 bits per heavy atom. The van der Waals surface area contributed by atoms with Crippen LogP contribution in [0.15, 0.2) is 65.8 Å². The highest BCUT2D eigenvalue weighted by Gasteiger charge is 2.36. The third kappa shape index (κ3) is 25.7. The molecule has 11 amide bonds. The lowest BCUT2D eigenvalue weighted by Crippen LogP contribution is -2.61. The van der Waals surface area contributed by atoms with Gasteiger partial charge in [0.2, 0.25) is 65.0 Å². The van der Waals surface area contributed by atoms with E-state index in [-0.39, 0.29) is 51.0 Å². The van der Waals surface area contributed by atoms with Crippen LogP contribution >= 0.6 is 0 Å². The van der Waals surface area contributed by atoms with Gasteiger partial charge in [0.05, 0.1) is 6.54 Å². The van der Waals surface area contributed by atoms with E-state index in [0.29, 0.717) is 24.0 Å². The van der Waals surface area contributed by atoms with Crippen molar-refractivity contribution in [1.29, 1.82) is 0 Å². The topological polar surface area (TPSA) is 475 Å². The average molecular weight is 1250 g/mol. The molecule has 3 rings (SSSR count). The highest BCUT2D eigenvalue weighted by molar-refractivity contribution is 5.99. The third-order valence-corrected chi connectivity index (χ3v) is 14.2. The lowest BCUT2D eigenvalue weighted by atomic mass is 9.96. The van der Waals surface area contributed by atoms with Crippen molar-refractivity contribution in [3.8, 4) is 0 Å². The number of benzene rings is 2. The van der Waals surface area contributed by atoms with Gasteiger partial charge in [-0.15, -0.1) is 0 Å². The molecule has 10 atom stereocenters. The van der Waals surface area contributed by atoms with E-state index >= 15 is 0 Å². The van der Waals surface area contributed by atoms with Crippen LogP contribution in [-0.4, -0.2) is 172 Å². The molecule has 0 saturated carbocycles. The van der Waals surface area contributed by atoms with Crippen molar-refractivity contribution in [2.45, 2.75) is 168 Å². The number of hydrogen-bond acceptors (Lipinski definition) is 14. The van der Waals surface area contributed by atoms with Gasteiger partial charge in [0.25, 0.3) is 0 Å². The second kappa shape index (κ2) is 37.1. The second-order valence-electron chi connectivity index (χ2n) is 21.9. The lowest BCUT2D eigenvalue weighted by molar-refractivity contribution is -0.139. The zero-order valence-corrected chi connectivity index (χ0v) is 51.4. The van der Waals surface area contributed by atoms with Gasteiger partial charge in [-0.25, -0.2) is 0 Å². The average Bonchev–Trinajstić information content (AvgIpc) is 2.40. The molecule has 0 aliphatic heterocycles. The molecule has 30 heteroatoms. The molecule has 1 aromatic heterocycles. The number of nitrogens with one attached hydrogen (secondary N) is 12. The predicted molar refractivity (Wildman–Crippen MR) is 326 cm³/mol. The van der Waals surface area contributed by atoms with Gasteiger partial charge in [-0.05, 0) is 68.6 Å². The maximum Gasteiger partial charge on any atom is 0.322 e. The van der Waals surface area contributed by atoms with E-state index in [1.807, 2.05) is 6.07 Å². The molecule has 89 heavy (non-hydrogen) atoms. The number of fused-ring (bicyclic) bond motifs is 1. The molecule has 0 bridgehead atoms. The van der Waals surface area contributed by atoms with Crippen LogP contribution in [0, 0.1) is 11.8 Å². The smallest absolute Gasteiger partial charge is 0.322 e. The first kappa shape index (κ1) is 73.6. The number of H-pyrrole nitrogens is 1. The largest absolute Gasteiger partial charge is 0.481 e. The first-order valence-corrected chi connectivity index (χ1v) is 29.4. The van der Waals surface area contributed by atoms with Crippen LogP contribution in [0.2, 0.25) is 0 Å². The van der Waals surface area contributed by atoms with E-state index in [1.165, 1.54) is 13.8 Å². The molecule has 0 radical (unpaired) electrons. The van der Waals surface area contributed by atoms with Gasteiger partial charge in [0, 0.05) is 49.8 Å². The van der Waals surface area contributed by atoms with Crippen molar-refractivity contribution in [1.82, 2.24) is 63.5 Å². The second-order valence-corrected chi connectivity index (χ2v) is 21.9. The number of aromatic amines is 1. The Bertz CT molecular complexity index is 2990. The number of nitrogens with two attached hydrogens (primary N) is 2. The summed E-state index contributed by atoms with van der Waals surface area (Å²) in [6.07, 6.45) is 1.71. The van der Waals surface area contributed by atoms with Gasteiger partial charge in [0.15, 0.2) is 5.96 Å². The molecule has 3 unspecified atom stereocenters. The Morgan fingerprint density at radius 1 is 0.528 bits per heavy atom. The van der Waals surface area contributed by atoms with Crippen molar-refractivity contribution in [2.75, 3.05) is 19.6 Å². The summed E-state index contributed by atoms with van der Waals surface area (Å²) in [6.45, 7) is 11.0. The summed E-state index contributed by atoms with van der Waals surface area (Å²) >= 11 is 0. The van der Waals surface area contributed by atoms with Gasteiger partial charge in [-0.3, -0.25) is 67.3 Å². The molecule has 2 aromatic carbocycles. The van der Waals surface area contributed by atoms with Crippen LogP contribution in [0.4, 0.5) is 0 Å². The summed E-state index contributed by atoms with van der Waals surface area (Å²) in [4.78, 5) is 179. The molecule has 30 nitrogen and oxygen atoms in total. The predicted octanol–water partition coefficient (Wildman–Crippen LogP) is -1.89. The van der Waals surface area contributed by atoms with E-state index in [4.69, 9.17) is 16.6 Å². The van der Waals surface area contributed by atoms with E-state index in [9.17, 15) is 67.4 Å². The van der Waals surface area contributed by atoms with Gasteiger partial charge in [-0.1, -0.05) is 96.0 Å². The fourth-order valence-corrected chi connectivity index (χ4v) is 9.08. The number of nitrogens with zero attached hydrogens (tertiary/aromatic N) is 1. The molecule has 1 heterocycles. The zero-order chi connectivity index (χ0) is 66.5. The Labute approximate surface area is 515 Å². The Kier molecular flexibility index (Phi) is 30.7. The molecule has 0 aliphatic carbocycles. The Hall–Kier alpha value is -9.64. The summed E-state index contributed by atoms with van der Waals surface area (Å²) in [5.41, 5.74) is 12.6. The number of aliphatic imine (C=N–C) groups is 1. The van der Waals surface area contributed by atoms with Crippen LogP contribution < -0.4 is 70.0 Å². The van der Waals surface area contributed by atoms with Crippen LogP contribution in [-0.2, 0) is 75.2 Å². The number of carbonyl (C=O) groups is 13. The van der Waals surface area contributed by atoms with Gasteiger partial charge in [0.1, 0.15) is 60.9 Å². The Morgan fingerprint density at radius 3 is 1.66 bits per heavy atom. The minimum atomic E-state index is -1.39. The molecular weight excluding hydrogens is 1160 g/mol. The number of aliphatic carboxylic acids is 2. The SMILES string of the molecule is CCC[C@H](NC(=O)C(Cc1c[nH]c2ccccc12)NC(=O)[C@H](C)NC(=O)[C@@H](NC(=O)[C@H](Cc1ccccc1)NC(=O)[C@H](CCC(=O)O)NC(C)=O)[C@@H](C)CC)C(=O)NC(C(=O)NC(C)C(=O)NCC(=O)N[C@@H](CCCN=C(N)N)C(=O)NCC(=O)O)C(C)C. The van der Waals surface area contributed by atoms with Gasteiger partial charge in [-0.2, -0.15) is 0 Å². The molecular formula is C59H87N15O15. The molecule has 0 saturated heterocycles. The van der Waals surface area contributed by atoms with Crippen LogP contribution in [0.3, 0.4) is 0 Å².